The molecule has 0 bridgehead atoms. The van der Waals surface area contributed by atoms with Gasteiger partial charge in [-0.05, 0) is 29.7 Å². The van der Waals surface area contributed by atoms with Gasteiger partial charge in [0.2, 0.25) is 6.79 Å². The first-order valence-corrected chi connectivity index (χ1v) is 9.11. The molecule has 2 heterocycles. The highest BCUT2D eigenvalue weighted by Gasteiger charge is 2.36. The molecule has 0 saturated carbocycles. The van der Waals surface area contributed by atoms with Gasteiger partial charge < -0.3 is 23.7 Å². The third kappa shape index (κ3) is 2.37. The lowest BCUT2D eigenvalue weighted by atomic mass is 9.93. The van der Waals surface area contributed by atoms with Gasteiger partial charge in [-0.3, -0.25) is 9.69 Å². The SMILES string of the molecule is COCN1C(=O)c2c(ccc(OC)c2OC)-c2c3c(cc4cccc1c24)OCO3. The summed E-state index contributed by atoms with van der Waals surface area (Å²) in [7, 11) is 4.62. The number of hydrogen-bond acceptors (Lipinski definition) is 6. The number of hydrogen-bond donors (Lipinski definition) is 0. The van der Waals surface area contributed by atoms with Crippen LogP contribution in [0.2, 0.25) is 0 Å². The van der Waals surface area contributed by atoms with Gasteiger partial charge in [-0.15, -0.1) is 0 Å². The summed E-state index contributed by atoms with van der Waals surface area (Å²) >= 11 is 0. The summed E-state index contributed by atoms with van der Waals surface area (Å²) in [5.41, 5.74) is 2.63. The van der Waals surface area contributed by atoms with Crippen molar-refractivity contribution in [2.75, 3.05) is 39.8 Å². The first kappa shape index (κ1) is 17.6. The first-order valence-electron chi connectivity index (χ1n) is 9.11. The Balaban J connectivity index is 1.98. The van der Waals surface area contributed by atoms with Crippen molar-refractivity contribution < 1.29 is 28.5 Å². The molecule has 29 heavy (non-hydrogen) atoms. The van der Waals surface area contributed by atoms with Crippen LogP contribution in [0.3, 0.4) is 0 Å². The van der Waals surface area contributed by atoms with E-state index in [9.17, 15) is 4.79 Å². The number of benzene rings is 3. The van der Waals surface area contributed by atoms with E-state index in [0.29, 0.717) is 34.1 Å². The van der Waals surface area contributed by atoms with E-state index in [1.54, 1.807) is 25.2 Å². The van der Waals surface area contributed by atoms with Crippen LogP contribution in [0.5, 0.6) is 23.0 Å². The zero-order valence-electron chi connectivity index (χ0n) is 16.3. The van der Waals surface area contributed by atoms with Crippen molar-refractivity contribution in [2.24, 2.45) is 0 Å². The van der Waals surface area contributed by atoms with Crippen LogP contribution in [0.15, 0.2) is 36.4 Å². The Bertz CT molecular complexity index is 1160. The topological polar surface area (TPSA) is 66.5 Å². The van der Waals surface area contributed by atoms with Crippen molar-refractivity contribution in [2.45, 2.75) is 0 Å². The molecule has 3 aromatic carbocycles. The maximum atomic E-state index is 13.7. The van der Waals surface area contributed by atoms with E-state index in [4.69, 9.17) is 23.7 Å². The Morgan fingerprint density at radius 3 is 2.66 bits per heavy atom. The molecule has 0 aromatic heterocycles. The summed E-state index contributed by atoms with van der Waals surface area (Å²) in [6.45, 7) is 0.220. The molecule has 7 heteroatoms. The number of nitrogens with zero attached hydrogens (tertiary/aromatic N) is 1. The molecule has 3 aromatic rings. The van der Waals surface area contributed by atoms with Gasteiger partial charge >= 0.3 is 0 Å². The van der Waals surface area contributed by atoms with Gasteiger partial charge in [0.25, 0.3) is 5.91 Å². The summed E-state index contributed by atoms with van der Waals surface area (Å²) in [5, 5.41) is 1.84. The zero-order chi connectivity index (χ0) is 20.1. The van der Waals surface area contributed by atoms with E-state index in [-0.39, 0.29) is 19.4 Å². The van der Waals surface area contributed by atoms with Crippen molar-refractivity contribution in [3.63, 3.8) is 0 Å². The summed E-state index contributed by atoms with van der Waals surface area (Å²) in [4.78, 5) is 15.3. The summed E-state index contributed by atoms with van der Waals surface area (Å²) < 4.78 is 27.9. The minimum atomic E-state index is -0.242. The number of carbonyl (C=O) groups is 1. The van der Waals surface area contributed by atoms with Gasteiger partial charge in [0.15, 0.2) is 23.0 Å². The number of ether oxygens (including phenoxy) is 5. The Kier molecular flexibility index (Phi) is 3.99. The molecular formula is C22H19NO6. The fourth-order valence-electron chi connectivity index (χ4n) is 4.13. The van der Waals surface area contributed by atoms with Crippen LogP contribution in [0, 0.1) is 0 Å². The molecule has 7 nitrogen and oxygen atoms in total. The number of methoxy groups -OCH3 is 3. The van der Waals surface area contributed by atoms with Crippen molar-refractivity contribution in [3.05, 3.63) is 42.0 Å². The monoisotopic (exact) mass is 393 g/mol. The molecule has 0 radical (unpaired) electrons. The molecule has 5 rings (SSSR count). The molecule has 0 spiro atoms. The third-order valence-corrected chi connectivity index (χ3v) is 5.30. The Morgan fingerprint density at radius 1 is 1.03 bits per heavy atom. The molecule has 148 valence electrons. The second-order valence-electron chi connectivity index (χ2n) is 6.74. The number of fused-ring (bicyclic) bond motifs is 4. The first-order chi connectivity index (χ1) is 14.2. The number of amides is 1. The lowest BCUT2D eigenvalue weighted by molar-refractivity contribution is 0.0934. The quantitative estimate of drug-likeness (QED) is 0.671. The predicted molar refractivity (Wildman–Crippen MR) is 107 cm³/mol. The van der Waals surface area contributed by atoms with Gasteiger partial charge in [0.1, 0.15) is 6.73 Å². The summed E-state index contributed by atoms with van der Waals surface area (Å²) in [5.74, 6) is 1.87. The average Bonchev–Trinajstić information content (AvgIpc) is 3.18. The maximum Gasteiger partial charge on any atom is 0.264 e. The van der Waals surface area contributed by atoms with E-state index >= 15 is 0 Å². The molecule has 0 saturated heterocycles. The molecule has 0 unspecified atom stereocenters. The molecule has 0 aliphatic carbocycles. The summed E-state index contributed by atoms with van der Waals surface area (Å²) in [6, 6.07) is 11.4. The molecule has 1 amide bonds. The molecule has 0 N–H and O–H groups in total. The Labute approximate surface area is 167 Å². The van der Waals surface area contributed by atoms with Gasteiger partial charge in [-0.25, -0.2) is 0 Å². The van der Waals surface area contributed by atoms with Crippen LogP contribution in [0.25, 0.3) is 21.9 Å². The number of carbonyl (C=O) groups excluding carboxylic acids is 1. The van der Waals surface area contributed by atoms with Gasteiger partial charge in [0, 0.05) is 23.6 Å². The second kappa shape index (κ2) is 6.56. The van der Waals surface area contributed by atoms with Crippen LogP contribution in [-0.4, -0.2) is 40.8 Å². The molecular weight excluding hydrogens is 374 g/mol. The van der Waals surface area contributed by atoms with Crippen LogP contribution in [0.4, 0.5) is 5.69 Å². The van der Waals surface area contributed by atoms with Crippen LogP contribution >= 0.6 is 0 Å². The van der Waals surface area contributed by atoms with E-state index in [2.05, 4.69) is 0 Å². The maximum absolute atomic E-state index is 13.7. The predicted octanol–water partition coefficient (Wildman–Crippen LogP) is 3.82. The highest BCUT2D eigenvalue weighted by Crippen LogP contribution is 2.53. The molecule has 2 aliphatic rings. The zero-order valence-corrected chi connectivity index (χ0v) is 16.3. The lowest BCUT2D eigenvalue weighted by Crippen LogP contribution is -2.32. The van der Waals surface area contributed by atoms with Gasteiger partial charge in [-0.1, -0.05) is 12.1 Å². The van der Waals surface area contributed by atoms with Crippen LogP contribution in [-0.2, 0) is 4.74 Å². The van der Waals surface area contributed by atoms with Crippen LogP contribution in [0.1, 0.15) is 10.4 Å². The fraction of sp³-hybridized carbons (Fsp3) is 0.227. The van der Waals surface area contributed by atoms with E-state index in [0.717, 1.165) is 22.0 Å². The largest absolute Gasteiger partial charge is 0.493 e. The van der Waals surface area contributed by atoms with Crippen molar-refractivity contribution in [1.82, 2.24) is 0 Å². The highest BCUT2D eigenvalue weighted by molar-refractivity contribution is 6.23. The standard InChI is InChI=1S/C22H19NO6/c1-25-10-23-14-6-4-5-12-9-16-21(29-11-28-16)18(17(12)14)13-7-8-15(26-2)20(27-3)19(13)22(23)24/h4-9H,10-11H2,1-3H3. The molecule has 0 atom stereocenters. The smallest absolute Gasteiger partial charge is 0.264 e. The number of rotatable bonds is 4. The molecule has 2 aliphatic heterocycles. The van der Waals surface area contributed by atoms with E-state index < -0.39 is 0 Å². The minimum Gasteiger partial charge on any atom is -0.493 e. The van der Waals surface area contributed by atoms with E-state index in [1.165, 1.54) is 7.11 Å². The number of anilines is 1. The van der Waals surface area contributed by atoms with Crippen LogP contribution < -0.4 is 23.8 Å². The van der Waals surface area contributed by atoms with Crippen molar-refractivity contribution in [1.29, 1.82) is 0 Å². The highest BCUT2D eigenvalue weighted by atomic mass is 16.7. The lowest BCUT2D eigenvalue weighted by Gasteiger charge is -2.23. The van der Waals surface area contributed by atoms with Crippen molar-refractivity contribution in [3.8, 4) is 34.1 Å². The normalized spacial score (nSPS) is 14.0. The minimum absolute atomic E-state index is 0.0889. The second-order valence-corrected chi connectivity index (χ2v) is 6.74. The Morgan fingerprint density at radius 2 is 1.90 bits per heavy atom. The summed E-state index contributed by atoms with van der Waals surface area (Å²) in [6.07, 6.45) is 0. The van der Waals surface area contributed by atoms with Gasteiger partial charge in [-0.2, -0.15) is 0 Å². The molecule has 0 fully saturated rings. The van der Waals surface area contributed by atoms with E-state index in [1.807, 2.05) is 30.3 Å². The van der Waals surface area contributed by atoms with Crippen molar-refractivity contribution >= 4 is 22.4 Å². The third-order valence-electron chi connectivity index (χ3n) is 5.30. The fourth-order valence-corrected chi connectivity index (χ4v) is 4.13. The Hall–Kier alpha value is -3.45. The van der Waals surface area contributed by atoms with Gasteiger partial charge in [0.05, 0.1) is 25.5 Å². The average molecular weight is 393 g/mol.